The molecule has 4 amide bonds. The number of benzene rings is 1. The minimum absolute atomic E-state index is 0.0135. The fourth-order valence-corrected chi connectivity index (χ4v) is 7.47. The molecule has 36 heavy (non-hydrogen) atoms. The predicted molar refractivity (Wildman–Crippen MR) is 139 cm³/mol. The van der Waals surface area contributed by atoms with Crippen molar-refractivity contribution in [3.05, 3.63) is 41.5 Å². The fourth-order valence-electron chi connectivity index (χ4n) is 7.47. The van der Waals surface area contributed by atoms with Crippen LogP contribution < -0.4 is 10.2 Å². The van der Waals surface area contributed by atoms with Gasteiger partial charge in [0.15, 0.2) is 0 Å². The van der Waals surface area contributed by atoms with Crippen molar-refractivity contribution in [2.45, 2.75) is 82.8 Å². The molecule has 1 aromatic carbocycles. The lowest BCUT2D eigenvalue weighted by molar-refractivity contribution is -0.138. The molecule has 7 nitrogen and oxygen atoms in total. The quantitative estimate of drug-likeness (QED) is 0.511. The van der Waals surface area contributed by atoms with Gasteiger partial charge < -0.3 is 10.2 Å². The average molecular weight is 491 g/mol. The summed E-state index contributed by atoms with van der Waals surface area (Å²) in [5.74, 6) is 1.11. The second kappa shape index (κ2) is 9.33. The van der Waals surface area contributed by atoms with E-state index < -0.39 is 12.1 Å². The van der Waals surface area contributed by atoms with Gasteiger partial charge >= 0.3 is 6.03 Å². The van der Waals surface area contributed by atoms with Crippen molar-refractivity contribution in [2.75, 3.05) is 24.5 Å². The van der Waals surface area contributed by atoms with Crippen LogP contribution in [0.3, 0.4) is 0 Å². The number of hydrogen-bond donors (Lipinski definition) is 1. The number of nitrogens with one attached hydrogen (secondary N) is 1. The molecule has 0 radical (unpaired) electrons. The van der Waals surface area contributed by atoms with Crippen molar-refractivity contribution in [1.29, 1.82) is 0 Å². The lowest BCUT2D eigenvalue weighted by Gasteiger charge is -2.54. The first kappa shape index (κ1) is 23.7. The Hall–Kier alpha value is -2.67. The summed E-state index contributed by atoms with van der Waals surface area (Å²) >= 11 is 0. The molecular weight excluding hydrogens is 452 g/mol. The van der Waals surface area contributed by atoms with Crippen LogP contribution in [-0.4, -0.2) is 65.4 Å². The van der Waals surface area contributed by atoms with E-state index in [1.165, 1.54) is 42.7 Å². The van der Waals surface area contributed by atoms with Gasteiger partial charge in [-0.15, -0.1) is 0 Å². The van der Waals surface area contributed by atoms with Gasteiger partial charge in [0.05, 0.1) is 18.2 Å². The van der Waals surface area contributed by atoms with E-state index >= 15 is 0 Å². The number of nitrogens with zero attached hydrogens (tertiary/aromatic N) is 3. The van der Waals surface area contributed by atoms with Gasteiger partial charge in [0.25, 0.3) is 5.91 Å². The number of fused-ring (bicyclic) bond motifs is 6. The van der Waals surface area contributed by atoms with Crippen LogP contribution in [0.15, 0.2) is 35.9 Å². The van der Waals surface area contributed by atoms with Crippen molar-refractivity contribution < 1.29 is 14.4 Å². The van der Waals surface area contributed by atoms with Gasteiger partial charge in [-0.1, -0.05) is 44.1 Å². The highest BCUT2D eigenvalue weighted by molar-refractivity contribution is 6.22. The molecule has 0 saturated carbocycles. The van der Waals surface area contributed by atoms with Gasteiger partial charge in [-0.3, -0.25) is 14.5 Å². The number of rotatable bonds is 4. The zero-order chi connectivity index (χ0) is 25.0. The van der Waals surface area contributed by atoms with Crippen molar-refractivity contribution in [3.8, 4) is 0 Å². The minimum Gasteiger partial charge on any atom is -0.336 e. The Bertz CT molecular complexity index is 1080. The summed E-state index contributed by atoms with van der Waals surface area (Å²) in [5.41, 5.74) is 3.14. The summed E-state index contributed by atoms with van der Waals surface area (Å²) in [6.07, 6.45) is 9.66. The van der Waals surface area contributed by atoms with E-state index in [-0.39, 0.29) is 24.3 Å². The van der Waals surface area contributed by atoms with Gasteiger partial charge in [-0.25, -0.2) is 9.69 Å². The summed E-state index contributed by atoms with van der Waals surface area (Å²) in [6, 6.07) is 7.11. The average Bonchev–Trinajstić information content (AvgIpc) is 3.16. The molecule has 2 bridgehead atoms. The maximum absolute atomic E-state index is 13.6. The van der Waals surface area contributed by atoms with E-state index in [1.54, 1.807) is 0 Å². The molecule has 5 aliphatic rings. The first-order valence-corrected chi connectivity index (χ1v) is 13.9. The van der Waals surface area contributed by atoms with Crippen molar-refractivity contribution >= 4 is 23.5 Å². The standard InChI is InChI=1S/C29H38N4O3/c1-18(2)19-8-10-23(11-9-19)33-28(35)24(30-29(33)36)16-26(34)32-13-5-6-20-14-21-15-22(27(20)32)17-31-12-4-3-7-25(21)31/h8-11,14,18,21-22,24-25,27H,3-7,12-13,15-17H2,1-2H3,(H,30,36)/t21-,22-,24-,25?,27?/m0/s1. The molecular formula is C29H38N4O3. The number of likely N-dealkylation sites (tertiary alicyclic amines) is 1. The van der Waals surface area contributed by atoms with Gasteiger partial charge in [-0.2, -0.15) is 0 Å². The lowest BCUT2D eigenvalue weighted by atomic mass is 9.68. The molecule has 5 atom stereocenters. The molecule has 0 aromatic heterocycles. The molecule has 1 aromatic rings. The van der Waals surface area contributed by atoms with Crippen LogP contribution in [0.25, 0.3) is 0 Å². The van der Waals surface area contributed by atoms with E-state index in [0.29, 0.717) is 29.5 Å². The molecule has 6 rings (SSSR count). The van der Waals surface area contributed by atoms with Gasteiger partial charge in [0.1, 0.15) is 6.04 Å². The summed E-state index contributed by atoms with van der Waals surface area (Å²) in [5, 5.41) is 2.78. The smallest absolute Gasteiger partial charge is 0.329 e. The van der Waals surface area contributed by atoms with Crippen molar-refractivity contribution in [1.82, 2.24) is 15.1 Å². The van der Waals surface area contributed by atoms with E-state index in [1.807, 2.05) is 29.2 Å². The van der Waals surface area contributed by atoms with Crippen LogP contribution in [-0.2, 0) is 9.59 Å². The SMILES string of the molecule is CC(C)c1ccc(N2C(=O)N[C@@H](CC(=O)N3CCCC4=C[C@H]5C[C@@H](CN6CCCCC56)C43)C2=O)cc1. The van der Waals surface area contributed by atoms with Gasteiger partial charge in [-0.05, 0) is 74.1 Å². The number of imide groups is 1. The molecule has 1 N–H and O–H groups in total. The molecule has 7 heteroatoms. The molecule has 192 valence electrons. The number of anilines is 1. The van der Waals surface area contributed by atoms with Gasteiger partial charge in [0, 0.05) is 19.1 Å². The summed E-state index contributed by atoms with van der Waals surface area (Å²) in [6.45, 7) is 7.21. The first-order valence-electron chi connectivity index (χ1n) is 13.9. The Morgan fingerprint density at radius 1 is 1.08 bits per heavy atom. The highest BCUT2D eigenvalue weighted by Gasteiger charge is 2.48. The molecule has 4 aliphatic heterocycles. The predicted octanol–water partition coefficient (Wildman–Crippen LogP) is 4.05. The monoisotopic (exact) mass is 490 g/mol. The number of urea groups is 1. The van der Waals surface area contributed by atoms with Crippen LogP contribution in [0.1, 0.15) is 70.3 Å². The molecule has 0 spiro atoms. The van der Waals surface area contributed by atoms with Crippen molar-refractivity contribution in [3.63, 3.8) is 0 Å². The number of carbonyl (C=O) groups is 3. The Labute approximate surface area is 213 Å². The number of amides is 4. The summed E-state index contributed by atoms with van der Waals surface area (Å²) < 4.78 is 0. The minimum atomic E-state index is -0.807. The molecule has 4 saturated heterocycles. The first-order chi connectivity index (χ1) is 17.4. The van der Waals surface area contributed by atoms with Crippen LogP contribution in [0, 0.1) is 11.8 Å². The van der Waals surface area contributed by atoms with Crippen molar-refractivity contribution in [2.24, 2.45) is 11.8 Å². The topological polar surface area (TPSA) is 73.0 Å². The van der Waals surface area contributed by atoms with E-state index in [2.05, 4.69) is 30.1 Å². The second-order valence-electron chi connectivity index (χ2n) is 11.7. The third-order valence-corrected chi connectivity index (χ3v) is 9.19. The van der Waals surface area contributed by atoms with Crippen LogP contribution in [0.5, 0.6) is 0 Å². The van der Waals surface area contributed by atoms with Crippen LogP contribution in [0.2, 0.25) is 0 Å². The summed E-state index contributed by atoms with van der Waals surface area (Å²) in [7, 11) is 0. The Morgan fingerprint density at radius 3 is 2.67 bits per heavy atom. The zero-order valence-corrected chi connectivity index (χ0v) is 21.5. The highest BCUT2D eigenvalue weighted by Crippen LogP contribution is 2.45. The largest absolute Gasteiger partial charge is 0.336 e. The number of hydrogen-bond acceptors (Lipinski definition) is 4. The number of piperidine rings is 3. The second-order valence-corrected chi connectivity index (χ2v) is 11.7. The highest BCUT2D eigenvalue weighted by atomic mass is 16.2. The molecule has 4 fully saturated rings. The molecule has 1 aliphatic carbocycles. The van der Waals surface area contributed by atoms with Crippen LogP contribution >= 0.6 is 0 Å². The van der Waals surface area contributed by atoms with Crippen LogP contribution in [0.4, 0.5) is 10.5 Å². The third kappa shape index (κ3) is 4.05. The van der Waals surface area contributed by atoms with Gasteiger partial charge in [0.2, 0.25) is 5.91 Å². The van der Waals surface area contributed by atoms with E-state index in [4.69, 9.17) is 0 Å². The number of carbonyl (C=O) groups excluding carboxylic acids is 3. The maximum Gasteiger partial charge on any atom is 0.329 e. The van der Waals surface area contributed by atoms with E-state index in [0.717, 1.165) is 31.5 Å². The maximum atomic E-state index is 13.6. The third-order valence-electron chi connectivity index (χ3n) is 9.19. The summed E-state index contributed by atoms with van der Waals surface area (Å²) in [4.78, 5) is 45.5. The Morgan fingerprint density at radius 2 is 1.89 bits per heavy atom. The lowest BCUT2D eigenvalue weighted by Crippen LogP contribution is -2.60. The fraction of sp³-hybridized carbons (Fsp3) is 0.621. The van der Waals surface area contributed by atoms with E-state index in [9.17, 15) is 14.4 Å². The molecule has 4 heterocycles. The molecule has 2 unspecified atom stereocenters. The normalized spacial score (nSPS) is 32.2. The zero-order valence-electron chi connectivity index (χ0n) is 21.5. The Balaban J connectivity index is 1.17. The Kier molecular flexibility index (Phi) is 6.14.